The molecule has 16 heavy (non-hydrogen) atoms. The molecule has 0 aromatic heterocycles. The Balaban J connectivity index is 1.67. The van der Waals surface area contributed by atoms with E-state index in [4.69, 9.17) is 9.47 Å². The lowest BCUT2D eigenvalue weighted by atomic mass is 10.1. The molecule has 1 aliphatic rings. The minimum Gasteiger partial charge on any atom is -0.374 e. The molecule has 2 atom stereocenters. The van der Waals surface area contributed by atoms with E-state index in [1.165, 1.54) is 5.56 Å². The normalized spacial score (nSPS) is 28.0. The quantitative estimate of drug-likeness (QED) is 0.453. The van der Waals surface area contributed by atoms with Crippen LogP contribution in [-0.4, -0.2) is 22.7 Å². The second-order valence-electron chi connectivity index (χ2n) is 4.36. The first-order valence-electron chi connectivity index (χ1n) is 5.60. The largest absolute Gasteiger partial charge is 0.374 e. The summed E-state index contributed by atoms with van der Waals surface area (Å²) >= 11 is 2.39. The van der Waals surface area contributed by atoms with Gasteiger partial charge in [-0.15, -0.1) is 0 Å². The first-order valence-corrected chi connectivity index (χ1v) is 7.12. The van der Waals surface area contributed by atoms with Crippen LogP contribution in [0.5, 0.6) is 0 Å². The molecule has 88 valence electrons. The Morgan fingerprint density at radius 2 is 2.12 bits per heavy atom. The Hall–Kier alpha value is -0.130. The maximum atomic E-state index is 5.66. The van der Waals surface area contributed by atoms with Gasteiger partial charge in [-0.2, -0.15) is 0 Å². The van der Waals surface area contributed by atoms with Gasteiger partial charge in [-0.3, -0.25) is 0 Å². The van der Waals surface area contributed by atoms with Crippen molar-refractivity contribution in [1.29, 1.82) is 0 Å². The Morgan fingerprint density at radius 3 is 2.81 bits per heavy atom. The molecule has 1 aromatic rings. The number of hydrogen-bond acceptors (Lipinski definition) is 2. The van der Waals surface area contributed by atoms with Gasteiger partial charge in [-0.1, -0.05) is 52.9 Å². The number of hydrogen-bond donors (Lipinski definition) is 0. The van der Waals surface area contributed by atoms with Gasteiger partial charge in [0.05, 0.1) is 18.8 Å². The second-order valence-corrected chi connectivity index (χ2v) is 5.44. The van der Waals surface area contributed by atoms with Crippen LogP contribution in [0, 0.1) is 0 Å². The molecule has 3 heteroatoms. The van der Waals surface area contributed by atoms with Gasteiger partial charge in [0.1, 0.15) is 6.10 Å². The first-order chi connectivity index (χ1) is 7.74. The number of benzene rings is 1. The van der Waals surface area contributed by atoms with E-state index in [1.807, 2.05) is 18.2 Å². The number of ether oxygens (including phenoxy) is 2. The van der Waals surface area contributed by atoms with Crippen molar-refractivity contribution in [1.82, 2.24) is 0 Å². The van der Waals surface area contributed by atoms with Crippen LogP contribution in [0.25, 0.3) is 0 Å². The fraction of sp³-hybridized carbons (Fsp3) is 0.538. The summed E-state index contributed by atoms with van der Waals surface area (Å²) in [5.41, 5.74) is 1.30. The minimum absolute atomic E-state index is 0.0812. The molecule has 1 heterocycles. The number of rotatable bonds is 6. The van der Waals surface area contributed by atoms with Crippen LogP contribution < -0.4 is 0 Å². The molecule has 0 spiro atoms. The third kappa shape index (κ3) is 3.18. The molecule has 0 saturated carbocycles. The zero-order valence-corrected chi connectivity index (χ0v) is 11.6. The topological polar surface area (TPSA) is 21.8 Å². The molecule has 0 bridgehead atoms. The van der Waals surface area contributed by atoms with E-state index in [0.29, 0.717) is 19.3 Å². The first kappa shape index (κ1) is 12.3. The van der Waals surface area contributed by atoms with Crippen LogP contribution in [0.1, 0.15) is 18.9 Å². The standard InChI is InChI=1S/C13H17IO2/c1-13(7-8-14)12(16-13)10-15-9-11-5-3-2-4-6-11/h2-6,12H,7-10H2,1H3/t12-,13-/m1/s1. The van der Waals surface area contributed by atoms with E-state index >= 15 is 0 Å². The monoisotopic (exact) mass is 332 g/mol. The van der Waals surface area contributed by atoms with Crippen LogP contribution >= 0.6 is 22.6 Å². The van der Waals surface area contributed by atoms with Gasteiger partial charge < -0.3 is 9.47 Å². The lowest BCUT2D eigenvalue weighted by Crippen LogP contribution is -2.14. The zero-order valence-electron chi connectivity index (χ0n) is 9.49. The second kappa shape index (κ2) is 5.47. The smallest absolute Gasteiger partial charge is 0.110 e. The molecule has 0 unspecified atom stereocenters. The number of halogens is 1. The Morgan fingerprint density at radius 1 is 1.38 bits per heavy atom. The van der Waals surface area contributed by atoms with Gasteiger partial charge in [0.2, 0.25) is 0 Å². The van der Waals surface area contributed by atoms with Crippen molar-refractivity contribution in [2.24, 2.45) is 0 Å². The molecule has 0 radical (unpaired) electrons. The van der Waals surface area contributed by atoms with Gasteiger partial charge in [-0.25, -0.2) is 0 Å². The van der Waals surface area contributed by atoms with E-state index < -0.39 is 0 Å². The summed E-state index contributed by atoms with van der Waals surface area (Å²) < 4.78 is 12.5. The molecule has 2 nitrogen and oxygen atoms in total. The van der Waals surface area contributed by atoms with E-state index in [9.17, 15) is 0 Å². The summed E-state index contributed by atoms with van der Waals surface area (Å²) in [7, 11) is 0. The average Bonchev–Trinajstić information content (AvgIpc) is 2.91. The van der Waals surface area contributed by atoms with Crippen molar-refractivity contribution in [3.05, 3.63) is 35.9 Å². The van der Waals surface area contributed by atoms with E-state index in [2.05, 4.69) is 41.6 Å². The predicted molar refractivity (Wildman–Crippen MR) is 72.9 cm³/mol. The fourth-order valence-electron chi connectivity index (χ4n) is 1.77. The molecular formula is C13H17IO2. The highest BCUT2D eigenvalue weighted by molar-refractivity contribution is 14.1. The molecule has 0 amide bonds. The van der Waals surface area contributed by atoms with Gasteiger partial charge in [-0.05, 0) is 18.9 Å². The summed E-state index contributed by atoms with van der Waals surface area (Å²) in [6.07, 6.45) is 1.42. The molecule has 0 aliphatic carbocycles. The van der Waals surface area contributed by atoms with Gasteiger partial charge in [0.25, 0.3) is 0 Å². The van der Waals surface area contributed by atoms with Gasteiger partial charge in [0.15, 0.2) is 0 Å². The summed E-state index contributed by atoms with van der Waals surface area (Å²) in [6.45, 7) is 3.56. The highest BCUT2D eigenvalue weighted by Gasteiger charge is 2.51. The average molecular weight is 332 g/mol. The number of alkyl halides is 1. The summed E-state index contributed by atoms with van der Waals surface area (Å²) in [5, 5.41) is 0. The van der Waals surface area contributed by atoms with Crippen molar-refractivity contribution >= 4 is 22.6 Å². The molecule has 1 aromatic carbocycles. The molecule has 1 fully saturated rings. The van der Waals surface area contributed by atoms with Crippen molar-refractivity contribution in [3.63, 3.8) is 0 Å². The number of epoxide rings is 1. The van der Waals surface area contributed by atoms with Crippen molar-refractivity contribution in [2.75, 3.05) is 11.0 Å². The summed E-state index contributed by atoms with van der Waals surface area (Å²) in [5.74, 6) is 0. The molecule has 1 aliphatic heterocycles. The lowest BCUT2D eigenvalue weighted by molar-refractivity contribution is 0.104. The van der Waals surface area contributed by atoms with Crippen LogP contribution in [0.3, 0.4) is 0 Å². The lowest BCUT2D eigenvalue weighted by Gasteiger charge is -2.04. The third-order valence-corrected chi connectivity index (χ3v) is 3.55. The highest BCUT2D eigenvalue weighted by Crippen LogP contribution is 2.39. The van der Waals surface area contributed by atoms with Crippen LogP contribution in [-0.2, 0) is 16.1 Å². The van der Waals surface area contributed by atoms with Crippen molar-refractivity contribution in [3.8, 4) is 0 Å². The van der Waals surface area contributed by atoms with Gasteiger partial charge >= 0.3 is 0 Å². The molecule has 2 rings (SSSR count). The van der Waals surface area contributed by atoms with E-state index in [1.54, 1.807) is 0 Å². The van der Waals surface area contributed by atoms with Gasteiger partial charge in [0, 0.05) is 4.43 Å². The van der Waals surface area contributed by atoms with Crippen LogP contribution in [0.2, 0.25) is 0 Å². The van der Waals surface area contributed by atoms with Crippen LogP contribution in [0.4, 0.5) is 0 Å². The maximum Gasteiger partial charge on any atom is 0.110 e. The highest BCUT2D eigenvalue weighted by atomic mass is 127. The molecular weight excluding hydrogens is 315 g/mol. The van der Waals surface area contributed by atoms with Crippen LogP contribution in [0.15, 0.2) is 30.3 Å². The van der Waals surface area contributed by atoms with Crippen molar-refractivity contribution in [2.45, 2.75) is 31.7 Å². The SMILES string of the molecule is C[C@]1(CCI)O[C@@H]1COCc1ccccc1. The maximum absolute atomic E-state index is 5.66. The summed E-state index contributed by atoms with van der Waals surface area (Å²) in [4.78, 5) is 0. The zero-order chi connectivity index (χ0) is 11.4. The Kier molecular flexibility index (Phi) is 4.21. The molecule has 1 saturated heterocycles. The fourth-order valence-corrected chi connectivity index (χ4v) is 2.84. The predicted octanol–water partition coefficient (Wildman–Crippen LogP) is 3.19. The van der Waals surface area contributed by atoms with E-state index in [0.717, 1.165) is 10.8 Å². The Labute approximate surface area is 110 Å². The summed E-state index contributed by atoms with van der Waals surface area (Å²) in [6, 6.07) is 10.2. The minimum atomic E-state index is 0.0812. The molecule has 0 N–H and O–H groups in total. The van der Waals surface area contributed by atoms with E-state index in [-0.39, 0.29) is 5.60 Å². The Bertz CT molecular complexity index is 328. The van der Waals surface area contributed by atoms with Crippen molar-refractivity contribution < 1.29 is 9.47 Å². The third-order valence-electron chi connectivity index (χ3n) is 3.01.